The van der Waals surface area contributed by atoms with Crippen LogP contribution in [0.4, 0.5) is 0 Å². The van der Waals surface area contributed by atoms with Gasteiger partial charge < -0.3 is 19.3 Å². The number of nitrogens with zero attached hydrogens (tertiary/aromatic N) is 3. The Morgan fingerprint density at radius 2 is 2.36 bits per heavy atom. The minimum Gasteiger partial charge on any atom is -0.379 e. The molecule has 0 spiro atoms. The maximum absolute atomic E-state index is 12.2. The van der Waals surface area contributed by atoms with Gasteiger partial charge in [0.1, 0.15) is 5.76 Å². The molecule has 0 saturated carbocycles. The zero-order valence-electron chi connectivity index (χ0n) is 14.6. The lowest BCUT2D eigenvalue weighted by Gasteiger charge is -2.32. The standard InChI is InChI=1S/C17H24N4O4/c1-12-14(13(2)25-20-12)10-24-16-5-9-23-11-15(16)19-17(22)4-8-21-7-3-6-18-21/h3,6-7,15-16H,4-5,8-11H2,1-2H3,(H,19,22)/t15-,16+/m0/s1. The number of amides is 1. The Hall–Kier alpha value is -2.19. The molecular formula is C17H24N4O4. The molecule has 136 valence electrons. The molecule has 1 N–H and O–H groups in total. The molecule has 0 aliphatic carbocycles. The van der Waals surface area contributed by atoms with Gasteiger partial charge in [-0.05, 0) is 26.3 Å². The summed E-state index contributed by atoms with van der Waals surface area (Å²) in [4.78, 5) is 12.2. The Morgan fingerprint density at radius 1 is 1.48 bits per heavy atom. The highest BCUT2D eigenvalue weighted by atomic mass is 16.5. The zero-order chi connectivity index (χ0) is 17.6. The van der Waals surface area contributed by atoms with Gasteiger partial charge in [-0.3, -0.25) is 9.48 Å². The number of nitrogens with one attached hydrogen (secondary N) is 1. The molecule has 3 heterocycles. The Balaban J connectivity index is 1.50. The van der Waals surface area contributed by atoms with Crippen molar-refractivity contribution < 1.29 is 18.8 Å². The summed E-state index contributed by atoms with van der Waals surface area (Å²) in [5.74, 6) is 0.737. The van der Waals surface area contributed by atoms with Gasteiger partial charge in [-0.2, -0.15) is 5.10 Å². The van der Waals surface area contributed by atoms with E-state index in [1.807, 2.05) is 26.1 Å². The van der Waals surface area contributed by atoms with Crippen molar-refractivity contribution in [2.45, 2.75) is 52.0 Å². The number of aryl methyl sites for hydroxylation is 3. The highest BCUT2D eigenvalue weighted by Gasteiger charge is 2.28. The number of hydrogen-bond acceptors (Lipinski definition) is 6. The van der Waals surface area contributed by atoms with Crippen molar-refractivity contribution in [3.63, 3.8) is 0 Å². The lowest BCUT2D eigenvalue weighted by molar-refractivity contribution is -0.126. The molecule has 8 nitrogen and oxygen atoms in total. The summed E-state index contributed by atoms with van der Waals surface area (Å²) < 4.78 is 18.4. The first-order chi connectivity index (χ1) is 12.1. The molecule has 1 amide bonds. The molecule has 2 aromatic rings. The van der Waals surface area contributed by atoms with E-state index in [-0.39, 0.29) is 18.1 Å². The highest BCUT2D eigenvalue weighted by molar-refractivity contribution is 5.76. The topological polar surface area (TPSA) is 91.4 Å². The summed E-state index contributed by atoms with van der Waals surface area (Å²) >= 11 is 0. The first-order valence-electron chi connectivity index (χ1n) is 8.51. The molecule has 3 rings (SSSR count). The van der Waals surface area contributed by atoms with Crippen molar-refractivity contribution in [1.82, 2.24) is 20.3 Å². The van der Waals surface area contributed by atoms with E-state index in [1.165, 1.54) is 0 Å². The van der Waals surface area contributed by atoms with E-state index in [0.717, 1.165) is 23.4 Å². The van der Waals surface area contributed by atoms with E-state index in [1.54, 1.807) is 10.9 Å². The molecule has 1 aliphatic rings. The van der Waals surface area contributed by atoms with Crippen molar-refractivity contribution in [3.05, 3.63) is 35.5 Å². The summed E-state index contributed by atoms with van der Waals surface area (Å²) in [6, 6.07) is 1.69. The molecule has 0 aromatic carbocycles. The fourth-order valence-electron chi connectivity index (χ4n) is 2.88. The first-order valence-corrected chi connectivity index (χ1v) is 8.51. The van der Waals surface area contributed by atoms with Gasteiger partial charge in [0.25, 0.3) is 0 Å². The fraction of sp³-hybridized carbons (Fsp3) is 0.588. The normalized spacial score (nSPS) is 20.6. The van der Waals surface area contributed by atoms with Crippen LogP contribution in [-0.4, -0.2) is 46.2 Å². The first kappa shape index (κ1) is 17.6. The summed E-state index contributed by atoms with van der Waals surface area (Å²) in [6.07, 6.45) is 4.57. The van der Waals surface area contributed by atoms with Crippen LogP contribution in [0.3, 0.4) is 0 Å². The lowest BCUT2D eigenvalue weighted by Crippen LogP contribution is -2.50. The van der Waals surface area contributed by atoms with E-state index in [9.17, 15) is 4.79 Å². The number of rotatable bonds is 7. The zero-order valence-corrected chi connectivity index (χ0v) is 14.6. The van der Waals surface area contributed by atoms with Crippen molar-refractivity contribution in [2.24, 2.45) is 0 Å². The predicted octanol–water partition coefficient (Wildman–Crippen LogP) is 1.37. The molecule has 0 bridgehead atoms. The van der Waals surface area contributed by atoms with E-state index >= 15 is 0 Å². The summed E-state index contributed by atoms with van der Waals surface area (Å²) in [6.45, 7) is 5.83. The molecule has 1 fully saturated rings. The third-order valence-corrected chi connectivity index (χ3v) is 4.39. The lowest BCUT2D eigenvalue weighted by atomic mass is 10.1. The monoisotopic (exact) mass is 348 g/mol. The van der Waals surface area contributed by atoms with Gasteiger partial charge in [0.2, 0.25) is 5.91 Å². The Labute approximate surface area is 146 Å². The van der Waals surface area contributed by atoms with Crippen LogP contribution in [-0.2, 0) is 27.4 Å². The molecule has 0 radical (unpaired) electrons. The van der Waals surface area contributed by atoms with Crippen LogP contribution in [0, 0.1) is 13.8 Å². The molecule has 1 saturated heterocycles. The number of ether oxygens (including phenoxy) is 2. The number of hydrogen-bond donors (Lipinski definition) is 1. The van der Waals surface area contributed by atoms with Crippen LogP contribution in [0.25, 0.3) is 0 Å². The van der Waals surface area contributed by atoms with Crippen LogP contribution >= 0.6 is 0 Å². The largest absolute Gasteiger partial charge is 0.379 e. The number of carbonyl (C=O) groups is 1. The van der Waals surface area contributed by atoms with E-state index < -0.39 is 0 Å². The van der Waals surface area contributed by atoms with Gasteiger partial charge in [-0.15, -0.1) is 0 Å². The average Bonchev–Trinajstić information content (AvgIpc) is 3.23. The van der Waals surface area contributed by atoms with Crippen molar-refractivity contribution >= 4 is 5.91 Å². The summed E-state index contributed by atoms with van der Waals surface area (Å²) in [7, 11) is 0. The molecule has 1 aliphatic heterocycles. The second-order valence-corrected chi connectivity index (χ2v) is 6.21. The number of carbonyl (C=O) groups excluding carboxylic acids is 1. The number of aromatic nitrogens is 3. The van der Waals surface area contributed by atoms with Gasteiger partial charge >= 0.3 is 0 Å². The Morgan fingerprint density at radius 3 is 3.08 bits per heavy atom. The third kappa shape index (κ3) is 4.67. The Bertz CT molecular complexity index is 663. The van der Waals surface area contributed by atoms with Crippen LogP contribution in [0.5, 0.6) is 0 Å². The van der Waals surface area contributed by atoms with Gasteiger partial charge in [0, 0.05) is 37.5 Å². The fourth-order valence-corrected chi connectivity index (χ4v) is 2.88. The minimum absolute atomic E-state index is 0.0306. The SMILES string of the molecule is Cc1noc(C)c1CO[C@@H]1CCOC[C@@H]1NC(=O)CCn1cccn1. The van der Waals surface area contributed by atoms with Crippen LogP contribution in [0.15, 0.2) is 23.0 Å². The summed E-state index contributed by atoms with van der Waals surface area (Å²) in [5, 5.41) is 11.1. The maximum Gasteiger partial charge on any atom is 0.222 e. The molecule has 0 unspecified atom stereocenters. The Kier molecular flexibility index (Phi) is 5.83. The van der Waals surface area contributed by atoms with Gasteiger partial charge in [0.15, 0.2) is 0 Å². The maximum atomic E-state index is 12.2. The van der Waals surface area contributed by atoms with Gasteiger partial charge in [-0.25, -0.2) is 0 Å². The predicted molar refractivity (Wildman–Crippen MR) is 88.8 cm³/mol. The minimum atomic E-state index is -0.153. The van der Waals surface area contributed by atoms with Crippen LogP contribution < -0.4 is 5.32 Å². The quantitative estimate of drug-likeness (QED) is 0.812. The molecule has 2 atom stereocenters. The molecule has 8 heteroatoms. The third-order valence-electron chi connectivity index (χ3n) is 4.39. The van der Waals surface area contributed by atoms with Crippen LogP contribution in [0.1, 0.15) is 29.9 Å². The van der Waals surface area contributed by atoms with Gasteiger partial charge in [-0.1, -0.05) is 5.16 Å². The summed E-state index contributed by atoms with van der Waals surface area (Å²) in [5.41, 5.74) is 1.81. The van der Waals surface area contributed by atoms with Crippen LogP contribution in [0.2, 0.25) is 0 Å². The average molecular weight is 348 g/mol. The second-order valence-electron chi connectivity index (χ2n) is 6.21. The highest BCUT2D eigenvalue weighted by Crippen LogP contribution is 2.18. The van der Waals surface area contributed by atoms with Crippen molar-refractivity contribution in [3.8, 4) is 0 Å². The molecule has 2 aromatic heterocycles. The smallest absolute Gasteiger partial charge is 0.222 e. The second kappa shape index (κ2) is 8.26. The van der Waals surface area contributed by atoms with E-state index in [4.69, 9.17) is 14.0 Å². The van der Waals surface area contributed by atoms with E-state index in [2.05, 4.69) is 15.6 Å². The van der Waals surface area contributed by atoms with Crippen molar-refractivity contribution in [2.75, 3.05) is 13.2 Å². The van der Waals surface area contributed by atoms with Crippen molar-refractivity contribution in [1.29, 1.82) is 0 Å². The van der Waals surface area contributed by atoms with Gasteiger partial charge in [0.05, 0.1) is 31.1 Å². The molecule has 25 heavy (non-hydrogen) atoms. The molecular weight excluding hydrogens is 324 g/mol. The van der Waals surface area contributed by atoms with E-state index in [0.29, 0.717) is 32.8 Å².